The van der Waals surface area contributed by atoms with E-state index in [1.165, 1.54) is 0 Å². The van der Waals surface area contributed by atoms with Gasteiger partial charge in [-0.25, -0.2) is 9.97 Å². The first-order valence-corrected chi connectivity index (χ1v) is 9.34. The highest BCUT2D eigenvalue weighted by atomic mass is 35.5. The predicted molar refractivity (Wildman–Crippen MR) is 114 cm³/mol. The fourth-order valence-corrected chi connectivity index (χ4v) is 3.38. The maximum absolute atomic E-state index is 6.30. The van der Waals surface area contributed by atoms with Crippen molar-refractivity contribution in [1.29, 1.82) is 0 Å². The number of aromatic nitrogens is 3. The molecule has 2 heterocycles. The van der Waals surface area contributed by atoms with Gasteiger partial charge in [0.1, 0.15) is 11.8 Å². The lowest BCUT2D eigenvalue weighted by Gasteiger charge is -2.14. The van der Waals surface area contributed by atoms with Crippen molar-refractivity contribution >= 4 is 22.8 Å². The lowest BCUT2D eigenvalue weighted by molar-refractivity contribution is 0.324. The normalized spacial score (nSPS) is 10.9. The number of hydrogen-bond acceptors (Lipinski definition) is 5. The summed E-state index contributed by atoms with van der Waals surface area (Å²) in [6.07, 6.45) is 1.73. The number of imidazole rings is 1. The van der Waals surface area contributed by atoms with E-state index in [2.05, 4.69) is 4.98 Å². The van der Waals surface area contributed by atoms with E-state index in [1.807, 2.05) is 54.0 Å². The minimum absolute atomic E-state index is 0.533. The third-order valence-electron chi connectivity index (χ3n) is 4.79. The molecule has 2 aromatic heterocycles. The van der Waals surface area contributed by atoms with Crippen molar-refractivity contribution in [2.24, 2.45) is 0 Å². The molecule has 0 radical (unpaired) electrons. The second-order valence-corrected chi connectivity index (χ2v) is 6.91. The van der Waals surface area contributed by atoms with Gasteiger partial charge in [-0.15, -0.1) is 0 Å². The molecule has 0 saturated carbocycles. The Morgan fingerprint density at radius 1 is 0.897 bits per heavy atom. The molecule has 4 aromatic rings. The van der Waals surface area contributed by atoms with Gasteiger partial charge in [-0.1, -0.05) is 23.7 Å². The monoisotopic (exact) mass is 409 g/mol. The van der Waals surface area contributed by atoms with Gasteiger partial charge in [-0.3, -0.25) is 4.57 Å². The zero-order valence-corrected chi connectivity index (χ0v) is 17.3. The minimum atomic E-state index is 0.533. The molecule has 7 heteroatoms. The number of hydrogen-bond donors (Lipinski definition) is 0. The Bertz CT molecular complexity index is 1180. The van der Waals surface area contributed by atoms with E-state index in [9.17, 15) is 0 Å². The average molecular weight is 410 g/mol. The minimum Gasteiger partial charge on any atom is -0.493 e. The maximum Gasteiger partial charge on any atom is 0.203 e. The highest BCUT2D eigenvalue weighted by Gasteiger charge is 2.16. The third kappa shape index (κ3) is 3.36. The molecule has 0 atom stereocenters. The molecule has 2 aromatic carbocycles. The van der Waals surface area contributed by atoms with Crippen molar-refractivity contribution in [3.05, 3.63) is 59.4 Å². The first-order chi connectivity index (χ1) is 14.0. The second-order valence-electron chi connectivity index (χ2n) is 6.50. The Labute approximate surface area is 173 Å². The number of ether oxygens (including phenoxy) is 3. The summed E-state index contributed by atoms with van der Waals surface area (Å²) in [5.74, 6) is 1.65. The van der Waals surface area contributed by atoms with Crippen LogP contribution in [0.2, 0.25) is 5.02 Å². The molecule has 0 N–H and O–H groups in total. The van der Waals surface area contributed by atoms with Crippen molar-refractivity contribution in [3.63, 3.8) is 0 Å². The van der Waals surface area contributed by atoms with Crippen molar-refractivity contribution < 1.29 is 14.2 Å². The van der Waals surface area contributed by atoms with Crippen LogP contribution >= 0.6 is 11.6 Å². The van der Waals surface area contributed by atoms with Crippen LogP contribution in [0.25, 0.3) is 28.1 Å². The molecule has 29 heavy (non-hydrogen) atoms. The molecule has 0 fully saturated rings. The highest BCUT2D eigenvalue weighted by molar-refractivity contribution is 6.31. The van der Waals surface area contributed by atoms with Gasteiger partial charge >= 0.3 is 0 Å². The van der Waals surface area contributed by atoms with Crippen LogP contribution in [-0.4, -0.2) is 35.9 Å². The average Bonchev–Trinajstić information content (AvgIpc) is 3.17. The Hall–Kier alpha value is -3.25. The molecule has 6 nitrogen and oxygen atoms in total. The Morgan fingerprint density at radius 2 is 1.62 bits per heavy atom. The van der Waals surface area contributed by atoms with Gasteiger partial charge in [0.2, 0.25) is 5.75 Å². The standard InChI is InChI=1S/C22H20ClN3O3/c1-13-5-6-14(9-16(13)23)17-7-8-18-22(25-17)26(12-24-18)15-10-19(27-2)21(29-4)20(11-15)28-3/h5-12H,1-4H3. The summed E-state index contributed by atoms with van der Waals surface area (Å²) in [7, 11) is 4.75. The molecule has 0 amide bonds. The lowest BCUT2D eigenvalue weighted by atomic mass is 10.1. The Kier molecular flexibility index (Phi) is 5.03. The summed E-state index contributed by atoms with van der Waals surface area (Å²) < 4.78 is 18.2. The van der Waals surface area contributed by atoms with Crippen LogP contribution in [0.15, 0.2) is 48.8 Å². The number of rotatable bonds is 5. The van der Waals surface area contributed by atoms with Gasteiger partial charge in [-0.05, 0) is 30.7 Å². The molecule has 0 aliphatic carbocycles. The fraction of sp³-hybridized carbons (Fsp3) is 0.182. The van der Waals surface area contributed by atoms with Crippen LogP contribution in [0.4, 0.5) is 0 Å². The van der Waals surface area contributed by atoms with Crippen molar-refractivity contribution in [1.82, 2.24) is 14.5 Å². The van der Waals surface area contributed by atoms with Crippen LogP contribution in [0.1, 0.15) is 5.56 Å². The largest absolute Gasteiger partial charge is 0.493 e. The molecular formula is C22H20ClN3O3. The topological polar surface area (TPSA) is 58.4 Å². The fourth-order valence-electron chi connectivity index (χ4n) is 3.20. The number of pyridine rings is 1. The van der Waals surface area contributed by atoms with E-state index < -0.39 is 0 Å². The van der Waals surface area contributed by atoms with E-state index >= 15 is 0 Å². The van der Waals surface area contributed by atoms with Gasteiger partial charge < -0.3 is 14.2 Å². The zero-order chi connectivity index (χ0) is 20.5. The Morgan fingerprint density at radius 3 is 2.24 bits per heavy atom. The third-order valence-corrected chi connectivity index (χ3v) is 5.20. The number of fused-ring (bicyclic) bond motifs is 1. The van der Waals surface area contributed by atoms with Gasteiger partial charge in [0.05, 0.1) is 32.7 Å². The first-order valence-electron chi connectivity index (χ1n) is 8.96. The van der Waals surface area contributed by atoms with Gasteiger partial charge in [0.15, 0.2) is 17.1 Å². The number of benzene rings is 2. The summed E-state index contributed by atoms with van der Waals surface area (Å²) in [5, 5.41) is 0.711. The van der Waals surface area contributed by atoms with Crippen LogP contribution in [0.5, 0.6) is 17.2 Å². The maximum atomic E-state index is 6.30. The smallest absolute Gasteiger partial charge is 0.203 e. The number of halogens is 1. The van der Waals surface area contributed by atoms with Crippen LogP contribution < -0.4 is 14.2 Å². The summed E-state index contributed by atoms with van der Waals surface area (Å²) in [6.45, 7) is 1.97. The van der Waals surface area contributed by atoms with E-state index in [0.29, 0.717) is 27.9 Å². The van der Waals surface area contributed by atoms with Gasteiger partial charge in [-0.2, -0.15) is 0 Å². The summed E-state index contributed by atoms with van der Waals surface area (Å²) in [4.78, 5) is 9.31. The highest BCUT2D eigenvalue weighted by Crippen LogP contribution is 2.39. The quantitative estimate of drug-likeness (QED) is 0.460. The van der Waals surface area contributed by atoms with Crippen molar-refractivity contribution in [2.45, 2.75) is 6.92 Å². The molecule has 0 unspecified atom stereocenters. The SMILES string of the molecule is COc1cc(-n2cnc3ccc(-c4ccc(C)c(Cl)c4)nc32)cc(OC)c1OC. The van der Waals surface area contributed by atoms with Crippen LogP contribution in [0, 0.1) is 6.92 Å². The summed E-state index contributed by atoms with van der Waals surface area (Å²) in [5.41, 5.74) is 5.08. The zero-order valence-electron chi connectivity index (χ0n) is 16.6. The van der Waals surface area contributed by atoms with E-state index in [-0.39, 0.29) is 0 Å². The molecule has 0 bridgehead atoms. The van der Waals surface area contributed by atoms with Crippen LogP contribution in [-0.2, 0) is 0 Å². The van der Waals surface area contributed by atoms with E-state index in [0.717, 1.165) is 28.0 Å². The van der Waals surface area contributed by atoms with Crippen LogP contribution in [0.3, 0.4) is 0 Å². The lowest BCUT2D eigenvalue weighted by Crippen LogP contribution is -2.00. The molecule has 0 aliphatic rings. The predicted octanol–water partition coefficient (Wildman–Crippen LogP) is 5.08. The number of nitrogens with zero attached hydrogens (tertiary/aromatic N) is 3. The van der Waals surface area contributed by atoms with Crippen molar-refractivity contribution in [2.75, 3.05) is 21.3 Å². The molecule has 0 spiro atoms. The molecule has 0 saturated heterocycles. The molecule has 4 rings (SSSR count). The number of methoxy groups -OCH3 is 3. The summed E-state index contributed by atoms with van der Waals surface area (Å²) in [6, 6.07) is 13.5. The van der Waals surface area contributed by atoms with E-state index in [1.54, 1.807) is 27.7 Å². The number of aryl methyl sites for hydroxylation is 1. The molecular weight excluding hydrogens is 390 g/mol. The Balaban J connectivity index is 1.88. The van der Waals surface area contributed by atoms with E-state index in [4.69, 9.17) is 30.8 Å². The summed E-state index contributed by atoms with van der Waals surface area (Å²) >= 11 is 6.30. The molecule has 148 valence electrons. The van der Waals surface area contributed by atoms with Crippen molar-refractivity contribution in [3.8, 4) is 34.2 Å². The molecule has 0 aliphatic heterocycles. The second kappa shape index (κ2) is 7.64. The first kappa shape index (κ1) is 19.1. The van der Waals surface area contributed by atoms with Gasteiger partial charge in [0, 0.05) is 22.7 Å². The van der Waals surface area contributed by atoms with Gasteiger partial charge in [0.25, 0.3) is 0 Å².